The summed E-state index contributed by atoms with van der Waals surface area (Å²) in [5, 5.41) is 0. The summed E-state index contributed by atoms with van der Waals surface area (Å²) in [4.78, 5) is 0. The van der Waals surface area contributed by atoms with E-state index in [0.717, 1.165) is 0 Å². The van der Waals surface area contributed by atoms with E-state index < -0.39 is 0 Å². The molecule has 0 spiro atoms. The minimum Gasteiger partial charge on any atom is -0.320 e. The molecular weight excluding hydrogens is 230 g/mol. The van der Waals surface area contributed by atoms with Gasteiger partial charge in [-0.2, -0.15) is 0 Å². The molecule has 0 saturated carbocycles. The predicted molar refractivity (Wildman–Crippen MR) is 82.4 cm³/mol. The first-order valence-electron chi connectivity index (χ1n) is 6.81. The van der Waals surface area contributed by atoms with E-state index in [2.05, 4.69) is 64.1 Å². The number of nitrogens with two attached hydrogens (primary N) is 1. The predicted octanol–water partition coefficient (Wildman–Crippen LogP) is 4.34. The van der Waals surface area contributed by atoms with E-state index in [-0.39, 0.29) is 11.5 Å². The Morgan fingerprint density at radius 1 is 0.895 bits per heavy atom. The van der Waals surface area contributed by atoms with Crippen LogP contribution >= 0.6 is 0 Å². The third-order valence-electron chi connectivity index (χ3n) is 3.66. The van der Waals surface area contributed by atoms with Crippen LogP contribution in [0.3, 0.4) is 0 Å². The molecule has 0 aliphatic carbocycles. The maximum Gasteiger partial charge on any atom is 0.0554 e. The summed E-state index contributed by atoms with van der Waals surface area (Å²) in [6.07, 6.45) is 0. The lowest BCUT2D eigenvalue weighted by Crippen LogP contribution is -2.15. The summed E-state index contributed by atoms with van der Waals surface area (Å²) < 4.78 is 0. The molecule has 0 saturated heterocycles. The van der Waals surface area contributed by atoms with Crippen molar-refractivity contribution < 1.29 is 0 Å². The van der Waals surface area contributed by atoms with Gasteiger partial charge in [-0.1, -0.05) is 69.3 Å². The molecule has 0 aromatic heterocycles. The molecule has 0 fully saturated rings. The van der Waals surface area contributed by atoms with Gasteiger partial charge >= 0.3 is 0 Å². The Kier molecular flexibility index (Phi) is 3.77. The van der Waals surface area contributed by atoms with Crippen LogP contribution in [0.5, 0.6) is 0 Å². The van der Waals surface area contributed by atoms with E-state index in [4.69, 9.17) is 5.73 Å². The van der Waals surface area contributed by atoms with Crippen molar-refractivity contribution in [3.8, 4) is 0 Å². The molecule has 0 aliphatic rings. The van der Waals surface area contributed by atoms with Crippen molar-refractivity contribution in [2.45, 2.75) is 39.2 Å². The molecule has 1 atom stereocenters. The summed E-state index contributed by atoms with van der Waals surface area (Å²) in [5.41, 5.74) is 11.5. The highest BCUT2D eigenvalue weighted by Gasteiger charge is 2.15. The SMILES string of the molecule is Cc1ccccc1C(N)c1ccc(C(C)(C)C)cc1. The van der Waals surface area contributed by atoms with E-state index in [9.17, 15) is 0 Å². The molecule has 1 heteroatoms. The fourth-order valence-corrected chi connectivity index (χ4v) is 2.31. The Hall–Kier alpha value is -1.60. The van der Waals surface area contributed by atoms with Crippen molar-refractivity contribution in [2.75, 3.05) is 0 Å². The fraction of sp³-hybridized carbons (Fsp3) is 0.333. The molecule has 0 bridgehead atoms. The van der Waals surface area contributed by atoms with Gasteiger partial charge in [0, 0.05) is 0 Å². The van der Waals surface area contributed by atoms with Crippen molar-refractivity contribution in [1.82, 2.24) is 0 Å². The Morgan fingerprint density at radius 3 is 2.00 bits per heavy atom. The van der Waals surface area contributed by atoms with Crippen LogP contribution in [0.4, 0.5) is 0 Å². The highest BCUT2D eigenvalue weighted by molar-refractivity contribution is 5.38. The topological polar surface area (TPSA) is 26.0 Å². The second-order valence-electron chi connectivity index (χ2n) is 6.21. The summed E-state index contributed by atoms with van der Waals surface area (Å²) in [7, 11) is 0. The van der Waals surface area contributed by atoms with Crippen molar-refractivity contribution >= 4 is 0 Å². The van der Waals surface area contributed by atoms with Crippen LogP contribution in [-0.2, 0) is 5.41 Å². The van der Waals surface area contributed by atoms with Crippen LogP contribution in [-0.4, -0.2) is 0 Å². The van der Waals surface area contributed by atoms with E-state index in [1.165, 1.54) is 22.3 Å². The van der Waals surface area contributed by atoms with Crippen LogP contribution in [0.25, 0.3) is 0 Å². The number of rotatable bonds is 2. The van der Waals surface area contributed by atoms with Crippen LogP contribution in [0.2, 0.25) is 0 Å². The molecule has 19 heavy (non-hydrogen) atoms. The first-order valence-corrected chi connectivity index (χ1v) is 6.81. The Balaban J connectivity index is 2.31. The van der Waals surface area contributed by atoms with Gasteiger partial charge in [-0.05, 0) is 34.6 Å². The normalized spacial score (nSPS) is 13.3. The van der Waals surface area contributed by atoms with E-state index in [1.807, 2.05) is 12.1 Å². The highest BCUT2D eigenvalue weighted by atomic mass is 14.6. The Labute approximate surface area is 116 Å². The molecule has 1 nitrogen and oxygen atoms in total. The quantitative estimate of drug-likeness (QED) is 0.846. The third-order valence-corrected chi connectivity index (χ3v) is 3.66. The second-order valence-corrected chi connectivity index (χ2v) is 6.21. The molecule has 1 unspecified atom stereocenters. The largest absolute Gasteiger partial charge is 0.320 e. The van der Waals surface area contributed by atoms with Gasteiger partial charge in [0.1, 0.15) is 0 Å². The van der Waals surface area contributed by atoms with Gasteiger partial charge in [0.25, 0.3) is 0 Å². The first kappa shape index (κ1) is 13.8. The lowest BCUT2D eigenvalue weighted by molar-refractivity contribution is 0.589. The molecule has 2 N–H and O–H groups in total. The van der Waals surface area contributed by atoms with Gasteiger partial charge in [-0.15, -0.1) is 0 Å². The smallest absolute Gasteiger partial charge is 0.0554 e. The van der Waals surface area contributed by atoms with Gasteiger partial charge in [-0.25, -0.2) is 0 Å². The summed E-state index contributed by atoms with van der Waals surface area (Å²) >= 11 is 0. The zero-order valence-corrected chi connectivity index (χ0v) is 12.3. The van der Waals surface area contributed by atoms with Gasteiger partial charge in [0.2, 0.25) is 0 Å². The van der Waals surface area contributed by atoms with Crippen LogP contribution < -0.4 is 5.73 Å². The molecule has 2 aromatic carbocycles. The van der Waals surface area contributed by atoms with Gasteiger partial charge < -0.3 is 5.73 Å². The number of aryl methyl sites for hydroxylation is 1. The monoisotopic (exact) mass is 253 g/mol. The second kappa shape index (κ2) is 5.18. The van der Waals surface area contributed by atoms with Crippen molar-refractivity contribution in [2.24, 2.45) is 5.73 Å². The van der Waals surface area contributed by atoms with Gasteiger partial charge in [0.15, 0.2) is 0 Å². The van der Waals surface area contributed by atoms with E-state index in [1.54, 1.807) is 0 Å². The summed E-state index contributed by atoms with van der Waals surface area (Å²) in [6.45, 7) is 8.79. The highest BCUT2D eigenvalue weighted by Crippen LogP contribution is 2.26. The minimum atomic E-state index is -0.0461. The molecule has 0 aliphatic heterocycles. The Morgan fingerprint density at radius 2 is 1.47 bits per heavy atom. The van der Waals surface area contributed by atoms with Gasteiger partial charge in [-0.3, -0.25) is 0 Å². The molecule has 0 radical (unpaired) electrons. The molecule has 0 heterocycles. The van der Waals surface area contributed by atoms with Crippen molar-refractivity contribution in [3.63, 3.8) is 0 Å². The maximum absolute atomic E-state index is 6.38. The fourth-order valence-electron chi connectivity index (χ4n) is 2.31. The molecule has 2 aromatic rings. The van der Waals surface area contributed by atoms with Crippen molar-refractivity contribution in [3.05, 3.63) is 70.8 Å². The molecule has 2 rings (SSSR count). The summed E-state index contributed by atoms with van der Waals surface area (Å²) in [6, 6.07) is 16.9. The van der Waals surface area contributed by atoms with Gasteiger partial charge in [0.05, 0.1) is 6.04 Å². The first-order chi connectivity index (χ1) is 8.89. The van der Waals surface area contributed by atoms with Crippen molar-refractivity contribution in [1.29, 1.82) is 0 Å². The Bertz CT molecular complexity index is 547. The maximum atomic E-state index is 6.38. The minimum absolute atomic E-state index is 0.0461. The zero-order valence-electron chi connectivity index (χ0n) is 12.3. The molecule has 0 amide bonds. The lowest BCUT2D eigenvalue weighted by atomic mass is 9.85. The van der Waals surface area contributed by atoms with Crippen LogP contribution in [0.1, 0.15) is 49.1 Å². The van der Waals surface area contributed by atoms with E-state index >= 15 is 0 Å². The molecular formula is C18H23N. The lowest BCUT2D eigenvalue weighted by Gasteiger charge is -2.21. The van der Waals surface area contributed by atoms with E-state index in [0.29, 0.717) is 0 Å². The molecule has 100 valence electrons. The standard InChI is InChI=1S/C18H23N/c1-13-7-5-6-8-16(13)17(19)14-9-11-15(12-10-14)18(2,3)4/h5-12,17H,19H2,1-4H3. The number of hydrogen-bond donors (Lipinski definition) is 1. The number of hydrogen-bond acceptors (Lipinski definition) is 1. The number of benzene rings is 2. The van der Waals surface area contributed by atoms with Crippen LogP contribution in [0.15, 0.2) is 48.5 Å². The van der Waals surface area contributed by atoms with Crippen LogP contribution in [0, 0.1) is 6.92 Å². The zero-order chi connectivity index (χ0) is 14.0. The third kappa shape index (κ3) is 3.05. The average molecular weight is 253 g/mol. The summed E-state index contributed by atoms with van der Waals surface area (Å²) in [5.74, 6) is 0. The average Bonchev–Trinajstić information content (AvgIpc) is 2.38.